The van der Waals surface area contributed by atoms with Gasteiger partial charge in [-0.25, -0.2) is 0 Å². The van der Waals surface area contributed by atoms with E-state index in [2.05, 4.69) is 73.0 Å². The summed E-state index contributed by atoms with van der Waals surface area (Å²) >= 11 is 0. The Balaban J connectivity index is 2.01. The van der Waals surface area contributed by atoms with Gasteiger partial charge in [-0.2, -0.15) is 0 Å². The normalized spacial score (nSPS) is 32.8. The maximum atomic E-state index is 12.3. The Bertz CT molecular complexity index is 675. The van der Waals surface area contributed by atoms with Crippen LogP contribution in [0, 0.1) is 0 Å². The van der Waals surface area contributed by atoms with Gasteiger partial charge in [0.25, 0.3) is 0 Å². The van der Waals surface area contributed by atoms with Crippen LogP contribution in [0.1, 0.15) is 80.6 Å². The van der Waals surface area contributed by atoms with Gasteiger partial charge in [0.2, 0.25) is 5.91 Å². The molecule has 3 aliphatic rings. The van der Waals surface area contributed by atoms with Gasteiger partial charge in [-0.1, -0.05) is 48.0 Å². The first-order valence-corrected chi connectivity index (χ1v) is 18.7. The number of rotatable bonds is 5. The summed E-state index contributed by atoms with van der Waals surface area (Å²) in [5.74, 6) is -0.598. The lowest BCUT2D eigenvalue weighted by Crippen LogP contribution is -2.58. The van der Waals surface area contributed by atoms with Crippen molar-refractivity contribution in [3.63, 3.8) is 0 Å². The number of carbonyl (C=O) groups is 1. The van der Waals surface area contributed by atoms with Crippen molar-refractivity contribution in [1.29, 1.82) is 0 Å². The number of amides is 1. The van der Waals surface area contributed by atoms with Crippen LogP contribution in [0.25, 0.3) is 0 Å². The molecule has 1 heterocycles. The molecule has 3 rings (SSSR count). The van der Waals surface area contributed by atoms with Gasteiger partial charge in [0.15, 0.2) is 22.4 Å². The second-order valence-corrected chi connectivity index (χ2v) is 23.1. The van der Waals surface area contributed by atoms with Crippen molar-refractivity contribution in [2.75, 3.05) is 0 Å². The first-order valence-electron chi connectivity index (χ1n) is 12.9. The van der Waals surface area contributed by atoms with E-state index in [1.54, 1.807) is 6.92 Å². The van der Waals surface area contributed by atoms with Crippen LogP contribution in [0.2, 0.25) is 36.3 Å². The molecule has 1 N–H and O–H groups in total. The van der Waals surface area contributed by atoms with Crippen LogP contribution in [-0.2, 0) is 23.1 Å². The largest absolute Gasteiger partial charge is 0.409 e. The van der Waals surface area contributed by atoms with Crippen molar-refractivity contribution in [3.8, 4) is 0 Å². The van der Waals surface area contributed by atoms with Crippen molar-refractivity contribution in [1.82, 2.24) is 5.32 Å². The molecule has 0 aromatic rings. The Hall–Kier alpha value is -0.256. The number of hydrogen-bond donors (Lipinski definition) is 1. The maximum Gasteiger partial charge on any atom is 0.217 e. The Morgan fingerprint density at radius 2 is 1.21 bits per heavy atom. The minimum absolute atomic E-state index is 0.0453. The van der Waals surface area contributed by atoms with Crippen LogP contribution in [0.4, 0.5) is 0 Å². The van der Waals surface area contributed by atoms with Crippen LogP contribution in [-0.4, -0.2) is 58.8 Å². The van der Waals surface area contributed by atoms with Crippen molar-refractivity contribution in [2.24, 2.45) is 0 Å². The first kappa shape index (κ1) is 27.3. The molecule has 0 bridgehead atoms. The minimum Gasteiger partial charge on any atom is -0.409 e. The molecule has 1 amide bonds. The lowest BCUT2D eigenvalue weighted by molar-refractivity contribution is -0.214. The molecule has 3 fully saturated rings. The first-order chi connectivity index (χ1) is 14.9. The molecular weight excluding hydrogens is 450 g/mol. The zero-order valence-corrected chi connectivity index (χ0v) is 25.0. The van der Waals surface area contributed by atoms with Crippen LogP contribution in [0.3, 0.4) is 0 Å². The summed E-state index contributed by atoms with van der Waals surface area (Å²) in [6.45, 7) is 24.1. The Labute approximate surface area is 204 Å². The van der Waals surface area contributed by atoms with Gasteiger partial charge in [-0.15, -0.1) is 0 Å². The van der Waals surface area contributed by atoms with Crippen molar-refractivity contribution in [2.45, 2.75) is 153 Å². The lowest BCUT2D eigenvalue weighted by Gasteiger charge is -2.44. The Morgan fingerprint density at radius 1 is 0.818 bits per heavy atom. The van der Waals surface area contributed by atoms with Crippen LogP contribution >= 0.6 is 0 Å². The molecule has 5 atom stereocenters. The number of hydrogen-bond acceptors (Lipinski definition) is 5. The van der Waals surface area contributed by atoms with E-state index in [-0.39, 0.29) is 46.4 Å². The highest BCUT2D eigenvalue weighted by Gasteiger charge is 2.64. The van der Waals surface area contributed by atoms with Gasteiger partial charge < -0.3 is 23.6 Å². The summed E-state index contributed by atoms with van der Waals surface area (Å²) in [5.41, 5.74) is 0. The average Bonchev–Trinajstić information content (AvgIpc) is 3.09. The highest BCUT2D eigenvalue weighted by molar-refractivity contribution is 6.74. The predicted octanol–water partition coefficient (Wildman–Crippen LogP) is 5.73. The number of fused-ring (bicyclic) bond motifs is 1. The zero-order valence-electron chi connectivity index (χ0n) is 23.0. The monoisotopic (exact) mass is 499 g/mol. The molecule has 8 heteroatoms. The van der Waals surface area contributed by atoms with Crippen molar-refractivity contribution in [3.05, 3.63) is 0 Å². The van der Waals surface area contributed by atoms with Crippen LogP contribution in [0.15, 0.2) is 0 Å². The Morgan fingerprint density at radius 3 is 1.55 bits per heavy atom. The van der Waals surface area contributed by atoms with Crippen LogP contribution < -0.4 is 5.32 Å². The molecule has 1 saturated heterocycles. The molecule has 2 aliphatic carbocycles. The molecule has 1 unspecified atom stereocenters. The molecule has 6 nitrogen and oxygen atoms in total. The summed E-state index contributed by atoms with van der Waals surface area (Å²) in [6, 6.07) is -0.290. The third-order valence-electron chi connectivity index (χ3n) is 8.84. The summed E-state index contributed by atoms with van der Waals surface area (Å²) in [6.07, 6.45) is 4.28. The minimum atomic E-state index is -2.14. The quantitative estimate of drug-likeness (QED) is 0.489. The smallest absolute Gasteiger partial charge is 0.217 e. The van der Waals surface area contributed by atoms with Gasteiger partial charge in [0.05, 0.1) is 18.2 Å². The second-order valence-electron chi connectivity index (χ2n) is 13.5. The summed E-state index contributed by atoms with van der Waals surface area (Å²) in [4.78, 5) is 12.3. The van der Waals surface area contributed by atoms with Crippen molar-refractivity contribution < 1.29 is 23.1 Å². The highest BCUT2D eigenvalue weighted by atomic mass is 28.4. The summed E-state index contributed by atoms with van der Waals surface area (Å²) < 4.78 is 27.6. The SMILES string of the molecule is CC(=O)NC1[C@@H](O[Si](C)(C)C(C)(C)C)[C@@H]2OC3(CCCCC3)O[C@@H]2[C@H]1O[Si](C)(C)C(C)(C)C. The standard InChI is InChI=1S/C25H49NO5Si2/c1-17(27)26-18-19(30-32(8,9)23(2,3)4)21-22(20(18)31-33(10,11)24(5,6)7)29-25(28-21)15-13-12-14-16-25/h18-22H,12-16H2,1-11H3,(H,26,27)/t18?,19-,20+,21+,22-. The van der Waals surface area contributed by atoms with E-state index in [4.69, 9.17) is 18.3 Å². The molecule has 1 spiro atoms. The summed E-state index contributed by atoms with van der Waals surface area (Å²) in [5, 5.41) is 3.30. The summed E-state index contributed by atoms with van der Waals surface area (Å²) in [7, 11) is -4.28. The molecule has 0 radical (unpaired) electrons. The maximum absolute atomic E-state index is 12.3. The predicted molar refractivity (Wildman–Crippen MR) is 137 cm³/mol. The average molecular weight is 500 g/mol. The van der Waals surface area contributed by atoms with Gasteiger partial charge in [-0.3, -0.25) is 4.79 Å². The number of ether oxygens (including phenoxy) is 2. The molecule has 192 valence electrons. The van der Waals surface area contributed by atoms with E-state index in [0.717, 1.165) is 25.7 Å². The van der Waals surface area contributed by atoms with E-state index in [9.17, 15) is 4.79 Å². The number of carbonyl (C=O) groups excluding carboxylic acids is 1. The third-order valence-corrected chi connectivity index (χ3v) is 17.8. The highest BCUT2D eigenvalue weighted by Crippen LogP contribution is 2.50. The van der Waals surface area contributed by atoms with Gasteiger partial charge in [0, 0.05) is 19.8 Å². The fourth-order valence-corrected chi connectivity index (χ4v) is 7.43. The van der Waals surface area contributed by atoms with Gasteiger partial charge in [-0.05, 0) is 49.1 Å². The number of nitrogens with one attached hydrogen (secondary N) is 1. The van der Waals surface area contributed by atoms with E-state index < -0.39 is 22.4 Å². The molecule has 0 aromatic heterocycles. The fourth-order valence-electron chi connectivity index (χ4n) is 4.80. The van der Waals surface area contributed by atoms with Gasteiger partial charge in [0.1, 0.15) is 12.2 Å². The molecule has 0 aromatic carbocycles. The van der Waals surface area contributed by atoms with E-state index >= 15 is 0 Å². The van der Waals surface area contributed by atoms with E-state index in [1.807, 2.05) is 0 Å². The molecule has 2 saturated carbocycles. The van der Waals surface area contributed by atoms with Crippen molar-refractivity contribution >= 4 is 22.5 Å². The van der Waals surface area contributed by atoms with E-state index in [1.165, 1.54) is 6.42 Å². The van der Waals surface area contributed by atoms with Crippen LogP contribution in [0.5, 0.6) is 0 Å². The van der Waals surface area contributed by atoms with Gasteiger partial charge >= 0.3 is 0 Å². The molecule has 1 aliphatic heterocycles. The fraction of sp³-hybridized carbons (Fsp3) is 0.960. The lowest BCUT2D eigenvalue weighted by atomic mass is 9.94. The van der Waals surface area contributed by atoms with E-state index in [0.29, 0.717) is 0 Å². The molecule has 33 heavy (non-hydrogen) atoms. The third kappa shape index (κ3) is 5.46. The second kappa shape index (κ2) is 9.00. The zero-order chi connectivity index (χ0) is 25.0. The molecular formula is C25H49NO5Si2. The topological polar surface area (TPSA) is 66.0 Å². The Kier molecular flexibility index (Phi) is 7.45.